The van der Waals surface area contributed by atoms with E-state index in [9.17, 15) is 9.59 Å². The van der Waals surface area contributed by atoms with Crippen LogP contribution in [0.5, 0.6) is 0 Å². The molecule has 0 fully saturated rings. The lowest BCUT2D eigenvalue weighted by Crippen LogP contribution is -2.39. The highest BCUT2D eigenvalue weighted by Gasteiger charge is 2.33. The molecule has 0 aliphatic heterocycles. The first kappa shape index (κ1) is 13.9. The fraction of sp³-hybridized carbons (Fsp3) is 0.818. The molecule has 0 aromatic carbocycles. The molecule has 0 saturated heterocycles. The van der Waals surface area contributed by atoms with Crippen LogP contribution in [0.4, 0.5) is 0 Å². The van der Waals surface area contributed by atoms with Gasteiger partial charge in [0, 0.05) is 20.3 Å². The van der Waals surface area contributed by atoms with Crippen molar-refractivity contribution in [1.82, 2.24) is 0 Å². The zero-order chi connectivity index (χ0) is 12.3. The minimum absolute atomic E-state index is 0.335. The Hall–Kier alpha value is -1.06. The topological polar surface area (TPSA) is 52.6 Å². The van der Waals surface area contributed by atoms with Crippen LogP contribution >= 0.6 is 0 Å². The lowest BCUT2D eigenvalue weighted by Gasteiger charge is -2.33. The maximum absolute atomic E-state index is 10.8. The van der Waals surface area contributed by atoms with Crippen LogP contribution in [-0.4, -0.2) is 23.1 Å². The second kappa shape index (κ2) is 4.64. The van der Waals surface area contributed by atoms with Gasteiger partial charge < -0.3 is 9.47 Å². The maximum atomic E-state index is 10.8. The van der Waals surface area contributed by atoms with Gasteiger partial charge in [0.15, 0.2) is 0 Å². The van der Waals surface area contributed by atoms with Crippen molar-refractivity contribution in [3.8, 4) is 0 Å². The summed E-state index contributed by atoms with van der Waals surface area (Å²) in [5.74, 6) is -0.669. The first-order valence-corrected chi connectivity index (χ1v) is 4.93. The Morgan fingerprint density at radius 1 is 0.867 bits per heavy atom. The van der Waals surface area contributed by atoms with E-state index in [2.05, 4.69) is 0 Å². The minimum atomic E-state index is -0.634. The van der Waals surface area contributed by atoms with Crippen LogP contribution in [0.15, 0.2) is 0 Å². The molecular weight excluding hydrogens is 196 g/mol. The second-order valence-corrected chi connectivity index (χ2v) is 4.88. The molecule has 0 aromatic rings. The van der Waals surface area contributed by atoms with E-state index >= 15 is 0 Å². The minimum Gasteiger partial charge on any atom is -0.460 e. The molecule has 4 nitrogen and oxygen atoms in total. The Kier molecular flexibility index (Phi) is 4.31. The Balaban J connectivity index is 4.42. The van der Waals surface area contributed by atoms with Gasteiger partial charge in [-0.05, 0) is 27.7 Å². The monoisotopic (exact) mass is 216 g/mol. The van der Waals surface area contributed by atoms with Gasteiger partial charge in [-0.25, -0.2) is 0 Å². The molecule has 0 saturated carbocycles. The molecule has 15 heavy (non-hydrogen) atoms. The molecule has 0 bridgehead atoms. The Bertz CT molecular complexity index is 227. The first-order valence-electron chi connectivity index (χ1n) is 4.93. The lowest BCUT2D eigenvalue weighted by atomic mass is 9.92. The van der Waals surface area contributed by atoms with Crippen LogP contribution in [0.3, 0.4) is 0 Å². The zero-order valence-corrected chi connectivity index (χ0v) is 10.3. The molecule has 0 N–H and O–H groups in total. The molecule has 0 aliphatic carbocycles. The number of rotatable bonds is 4. The predicted octanol–water partition coefficient (Wildman–Crippen LogP) is 2.06. The molecule has 4 heteroatoms. The average molecular weight is 216 g/mol. The predicted molar refractivity (Wildman–Crippen MR) is 56.3 cm³/mol. The van der Waals surface area contributed by atoms with Gasteiger partial charge in [-0.15, -0.1) is 0 Å². The normalized spacial score (nSPS) is 12.1. The summed E-state index contributed by atoms with van der Waals surface area (Å²) >= 11 is 0. The molecule has 0 unspecified atom stereocenters. The third-order valence-corrected chi connectivity index (χ3v) is 1.69. The van der Waals surface area contributed by atoms with Gasteiger partial charge in [0.2, 0.25) is 0 Å². The van der Waals surface area contributed by atoms with Gasteiger partial charge in [0.1, 0.15) is 11.2 Å². The second-order valence-electron chi connectivity index (χ2n) is 4.88. The summed E-state index contributed by atoms with van der Waals surface area (Å²) in [5.41, 5.74) is -1.27. The molecule has 0 rings (SSSR count). The van der Waals surface area contributed by atoms with Gasteiger partial charge in [0.05, 0.1) is 0 Å². The van der Waals surface area contributed by atoms with Gasteiger partial charge in [-0.2, -0.15) is 0 Å². The highest BCUT2D eigenvalue weighted by atomic mass is 16.6. The third-order valence-electron chi connectivity index (χ3n) is 1.69. The van der Waals surface area contributed by atoms with E-state index in [4.69, 9.17) is 9.47 Å². The van der Waals surface area contributed by atoms with Gasteiger partial charge >= 0.3 is 11.9 Å². The molecule has 0 heterocycles. The number of hydrogen-bond acceptors (Lipinski definition) is 4. The van der Waals surface area contributed by atoms with Gasteiger partial charge in [-0.1, -0.05) is 0 Å². The Labute approximate surface area is 90.9 Å². The summed E-state index contributed by atoms with van der Waals surface area (Å²) in [4.78, 5) is 21.7. The van der Waals surface area contributed by atoms with Crippen molar-refractivity contribution < 1.29 is 19.1 Å². The Morgan fingerprint density at radius 3 is 1.33 bits per heavy atom. The largest absolute Gasteiger partial charge is 0.460 e. The summed E-state index contributed by atoms with van der Waals surface area (Å²) in [6.45, 7) is 9.89. The fourth-order valence-corrected chi connectivity index (χ4v) is 1.88. The molecule has 0 amide bonds. The van der Waals surface area contributed by atoms with Crippen LogP contribution in [0.2, 0.25) is 0 Å². The van der Waals surface area contributed by atoms with E-state index in [1.165, 1.54) is 13.8 Å². The highest BCUT2D eigenvalue weighted by molar-refractivity contribution is 5.67. The van der Waals surface area contributed by atoms with Gasteiger partial charge in [0.25, 0.3) is 0 Å². The van der Waals surface area contributed by atoms with E-state index in [0.29, 0.717) is 6.42 Å². The lowest BCUT2D eigenvalue weighted by molar-refractivity contribution is -0.167. The van der Waals surface area contributed by atoms with Crippen LogP contribution in [0.1, 0.15) is 48.0 Å². The molecule has 0 spiro atoms. The summed E-state index contributed by atoms with van der Waals surface area (Å²) in [7, 11) is 0. The quantitative estimate of drug-likeness (QED) is 0.675. The van der Waals surface area contributed by atoms with Crippen LogP contribution in [0, 0.1) is 0 Å². The van der Waals surface area contributed by atoms with Gasteiger partial charge in [-0.3, -0.25) is 9.59 Å². The van der Waals surface area contributed by atoms with Crippen molar-refractivity contribution in [3.63, 3.8) is 0 Å². The van der Waals surface area contributed by atoms with Crippen molar-refractivity contribution in [1.29, 1.82) is 0 Å². The van der Waals surface area contributed by atoms with Crippen LogP contribution in [-0.2, 0) is 19.1 Å². The zero-order valence-electron chi connectivity index (χ0n) is 10.3. The SMILES string of the molecule is CC(=O)OC(C)(C)CC(C)(C)OC(C)=O. The van der Waals surface area contributed by atoms with Crippen LogP contribution in [0.25, 0.3) is 0 Å². The number of carbonyl (C=O) groups excluding carboxylic acids is 2. The van der Waals surface area contributed by atoms with Crippen molar-refractivity contribution in [2.24, 2.45) is 0 Å². The number of hydrogen-bond donors (Lipinski definition) is 0. The molecule has 0 radical (unpaired) electrons. The molecule has 0 aromatic heterocycles. The Morgan fingerprint density at radius 2 is 1.13 bits per heavy atom. The summed E-state index contributed by atoms with van der Waals surface area (Å²) < 4.78 is 10.2. The van der Waals surface area contributed by atoms with E-state index in [0.717, 1.165) is 0 Å². The molecule has 0 aliphatic rings. The molecule has 88 valence electrons. The fourth-order valence-electron chi connectivity index (χ4n) is 1.88. The smallest absolute Gasteiger partial charge is 0.303 e. The van der Waals surface area contributed by atoms with Crippen LogP contribution < -0.4 is 0 Å². The summed E-state index contributed by atoms with van der Waals surface area (Å²) in [6.07, 6.45) is 0.458. The number of ether oxygens (including phenoxy) is 2. The van der Waals surface area contributed by atoms with E-state index in [1.807, 2.05) is 0 Å². The van der Waals surface area contributed by atoms with Crippen molar-refractivity contribution in [3.05, 3.63) is 0 Å². The first-order chi connectivity index (χ1) is 6.54. The number of carbonyl (C=O) groups is 2. The summed E-state index contributed by atoms with van der Waals surface area (Å²) in [5, 5.41) is 0. The van der Waals surface area contributed by atoms with E-state index in [1.54, 1.807) is 27.7 Å². The standard InChI is InChI=1S/C11H20O4/c1-8(12)14-10(3,4)7-11(5,6)15-9(2)13/h7H2,1-6H3. The van der Waals surface area contributed by atoms with Crippen molar-refractivity contribution in [2.75, 3.05) is 0 Å². The van der Waals surface area contributed by atoms with Crippen molar-refractivity contribution >= 4 is 11.9 Å². The maximum Gasteiger partial charge on any atom is 0.303 e. The molecular formula is C11H20O4. The summed E-state index contributed by atoms with van der Waals surface area (Å²) in [6, 6.07) is 0. The average Bonchev–Trinajstić information content (AvgIpc) is 1.73. The highest BCUT2D eigenvalue weighted by Crippen LogP contribution is 2.26. The molecule has 0 atom stereocenters. The number of esters is 2. The third kappa shape index (κ3) is 6.94. The van der Waals surface area contributed by atoms with E-state index in [-0.39, 0.29) is 11.9 Å². The van der Waals surface area contributed by atoms with E-state index < -0.39 is 11.2 Å². The van der Waals surface area contributed by atoms with Crippen molar-refractivity contribution in [2.45, 2.75) is 59.2 Å².